The highest BCUT2D eigenvalue weighted by molar-refractivity contribution is 7.98. The molecule has 0 unspecified atom stereocenters. The van der Waals surface area contributed by atoms with E-state index in [2.05, 4.69) is 0 Å². The fourth-order valence-corrected chi connectivity index (χ4v) is 2.24. The minimum absolute atomic E-state index is 0.0191. The maximum atomic E-state index is 11.7. The normalized spacial score (nSPS) is 10.7. The lowest BCUT2D eigenvalue weighted by Gasteiger charge is -2.03. The van der Waals surface area contributed by atoms with Crippen LogP contribution in [0.15, 0.2) is 59.5 Å². The molecule has 0 radical (unpaired) electrons. The number of hydrogen-bond acceptors (Lipinski definition) is 5. The van der Waals surface area contributed by atoms with Crippen LogP contribution in [-0.2, 0) is 16.1 Å². The van der Waals surface area contributed by atoms with Gasteiger partial charge in [-0.1, -0.05) is 24.3 Å². The lowest BCUT2D eigenvalue weighted by atomic mass is 10.2. The fraction of sp³-hybridized carbons (Fsp3) is 0.118. The van der Waals surface area contributed by atoms with Crippen LogP contribution >= 0.6 is 11.8 Å². The monoisotopic (exact) mass is 329 g/mol. The Bertz CT molecular complexity index is 726. The van der Waals surface area contributed by atoms with Crippen molar-refractivity contribution in [2.45, 2.75) is 11.5 Å². The van der Waals surface area contributed by atoms with Gasteiger partial charge in [-0.05, 0) is 35.6 Å². The van der Waals surface area contributed by atoms with Crippen molar-refractivity contribution in [3.63, 3.8) is 0 Å². The van der Waals surface area contributed by atoms with Gasteiger partial charge in [-0.3, -0.25) is 10.1 Å². The molecule has 0 N–H and O–H groups in total. The highest BCUT2D eigenvalue weighted by Crippen LogP contribution is 2.16. The van der Waals surface area contributed by atoms with Crippen molar-refractivity contribution in [1.29, 1.82) is 0 Å². The summed E-state index contributed by atoms with van der Waals surface area (Å²) < 4.78 is 5.13. The summed E-state index contributed by atoms with van der Waals surface area (Å²) in [6.45, 7) is 0.187. The maximum absolute atomic E-state index is 11.7. The summed E-state index contributed by atoms with van der Waals surface area (Å²) in [7, 11) is 0. The van der Waals surface area contributed by atoms with Gasteiger partial charge in [0.15, 0.2) is 0 Å². The van der Waals surface area contributed by atoms with Crippen LogP contribution in [0.2, 0.25) is 0 Å². The number of esters is 1. The first-order valence-corrected chi connectivity index (χ1v) is 8.03. The number of nitro benzene ring substituents is 1. The molecule has 0 amide bonds. The van der Waals surface area contributed by atoms with Crippen molar-refractivity contribution in [2.75, 3.05) is 6.26 Å². The summed E-state index contributed by atoms with van der Waals surface area (Å²) in [6, 6.07) is 13.8. The van der Waals surface area contributed by atoms with Gasteiger partial charge < -0.3 is 4.74 Å². The van der Waals surface area contributed by atoms with Gasteiger partial charge in [-0.2, -0.15) is 0 Å². The number of thioether (sulfide) groups is 1. The van der Waals surface area contributed by atoms with E-state index in [1.165, 1.54) is 24.3 Å². The van der Waals surface area contributed by atoms with Gasteiger partial charge >= 0.3 is 5.97 Å². The minimum atomic E-state index is -0.495. The predicted octanol–water partition coefficient (Wildman–Crippen LogP) is 4.07. The summed E-state index contributed by atoms with van der Waals surface area (Å²) >= 11 is 1.64. The topological polar surface area (TPSA) is 69.4 Å². The number of rotatable bonds is 6. The number of carbonyl (C=O) groups excluding carboxylic acids is 1. The first-order valence-electron chi connectivity index (χ1n) is 6.81. The molecule has 0 bridgehead atoms. The highest BCUT2D eigenvalue weighted by Gasteiger charge is 2.04. The third-order valence-electron chi connectivity index (χ3n) is 3.03. The van der Waals surface area contributed by atoms with Gasteiger partial charge in [0.05, 0.1) is 4.92 Å². The molecule has 6 heteroatoms. The molecule has 0 aliphatic rings. The predicted molar refractivity (Wildman–Crippen MR) is 90.1 cm³/mol. The molecule has 0 spiro atoms. The van der Waals surface area contributed by atoms with E-state index in [0.29, 0.717) is 5.56 Å². The number of non-ortho nitro benzene ring substituents is 1. The van der Waals surface area contributed by atoms with E-state index in [1.54, 1.807) is 23.9 Å². The van der Waals surface area contributed by atoms with Crippen molar-refractivity contribution < 1.29 is 14.5 Å². The van der Waals surface area contributed by atoms with Crippen LogP contribution in [0.5, 0.6) is 0 Å². The number of nitrogens with zero attached hydrogens (tertiary/aromatic N) is 1. The number of carbonyl (C=O) groups is 1. The quantitative estimate of drug-likeness (QED) is 0.263. The molecule has 0 fully saturated rings. The molecule has 23 heavy (non-hydrogen) atoms. The first-order chi connectivity index (χ1) is 11.1. The number of hydrogen-bond donors (Lipinski definition) is 0. The van der Waals surface area contributed by atoms with Crippen LogP contribution in [0.1, 0.15) is 11.1 Å². The van der Waals surface area contributed by atoms with Gasteiger partial charge in [0.2, 0.25) is 0 Å². The molecule has 0 saturated heterocycles. The lowest BCUT2D eigenvalue weighted by molar-refractivity contribution is -0.384. The summed E-state index contributed by atoms with van der Waals surface area (Å²) in [5, 5.41) is 10.7. The van der Waals surface area contributed by atoms with Crippen molar-refractivity contribution in [3.8, 4) is 0 Å². The SMILES string of the molecule is CSc1ccc(COC(=O)/C=C/c2cccc([N+](=O)[O-])c2)cc1. The molecule has 118 valence electrons. The van der Waals surface area contributed by atoms with Crippen LogP contribution in [0.4, 0.5) is 5.69 Å². The molecule has 0 aromatic heterocycles. The van der Waals surface area contributed by atoms with Gasteiger partial charge in [-0.25, -0.2) is 4.79 Å². The Labute approximate surface area is 138 Å². The molecule has 2 aromatic rings. The van der Waals surface area contributed by atoms with E-state index >= 15 is 0 Å². The van der Waals surface area contributed by atoms with Gasteiger partial charge in [0.25, 0.3) is 5.69 Å². The number of ether oxygens (including phenoxy) is 1. The Balaban J connectivity index is 1.91. The van der Waals surface area contributed by atoms with E-state index in [4.69, 9.17) is 4.74 Å². The maximum Gasteiger partial charge on any atom is 0.331 e. The lowest BCUT2D eigenvalue weighted by Crippen LogP contribution is -2.00. The molecule has 2 rings (SSSR count). The Morgan fingerprint density at radius 2 is 2.00 bits per heavy atom. The zero-order valence-corrected chi connectivity index (χ0v) is 13.3. The molecular formula is C17H15NO4S. The number of benzene rings is 2. The van der Waals surface area contributed by atoms with Crippen molar-refractivity contribution >= 4 is 29.5 Å². The highest BCUT2D eigenvalue weighted by atomic mass is 32.2. The average Bonchev–Trinajstić information content (AvgIpc) is 2.58. The van der Waals surface area contributed by atoms with Crippen LogP contribution < -0.4 is 0 Å². The largest absolute Gasteiger partial charge is 0.458 e. The zero-order valence-electron chi connectivity index (χ0n) is 12.5. The van der Waals surface area contributed by atoms with E-state index in [0.717, 1.165) is 10.5 Å². The summed E-state index contributed by atoms with van der Waals surface area (Å²) in [5.74, 6) is -0.495. The molecule has 2 aromatic carbocycles. The molecule has 0 aliphatic heterocycles. The fourth-order valence-electron chi connectivity index (χ4n) is 1.83. The molecular weight excluding hydrogens is 314 g/mol. The Morgan fingerprint density at radius 1 is 1.26 bits per heavy atom. The second-order valence-electron chi connectivity index (χ2n) is 4.64. The third kappa shape index (κ3) is 5.27. The van der Waals surface area contributed by atoms with E-state index in [-0.39, 0.29) is 12.3 Å². The van der Waals surface area contributed by atoms with Crippen molar-refractivity contribution in [1.82, 2.24) is 0 Å². The third-order valence-corrected chi connectivity index (χ3v) is 3.78. The van der Waals surface area contributed by atoms with Crippen LogP contribution in [0, 0.1) is 10.1 Å². The first kappa shape index (κ1) is 16.8. The molecule has 0 aliphatic carbocycles. The molecule has 0 saturated carbocycles. The Morgan fingerprint density at radius 3 is 2.65 bits per heavy atom. The zero-order chi connectivity index (χ0) is 16.7. The average molecular weight is 329 g/mol. The Hall–Kier alpha value is -2.60. The summed E-state index contributed by atoms with van der Waals surface area (Å²) in [5.41, 5.74) is 1.45. The van der Waals surface area contributed by atoms with Crippen LogP contribution in [0.25, 0.3) is 6.08 Å². The van der Waals surface area contributed by atoms with E-state index in [1.807, 2.05) is 30.5 Å². The van der Waals surface area contributed by atoms with Gasteiger partial charge in [0.1, 0.15) is 6.61 Å². The number of nitro groups is 1. The summed E-state index contributed by atoms with van der Waals surface area (Å²) in [4.78, 5) is 23.0. The van der Waals surface area contributed by atoms with E-state index < -0.39 is 10.9 Å². The standard InChI is InChI=1S/C17H15NO4S/c1-23-16-8-5-14(6-9-16)12-22-17(19)10-7-13-3-2-4-15(11-13)18(20)21/h2-11H,12H2,1H3/b10-7+. The smallest absolute Gasteiger partial charge is 0.331 e. The van der Waals surface area contributed by atoms with Crippen molar-refractivity contribution in [2.24, 2.45) is 0 Å². The van der Waals surface area contributed by atoms with Crippen LogP contribution in [0.3, 0.4) is 0 Å². The van der Waals surface area contributed by atoms with E-state index in [9.17, 15) is 14.9 Å². The van der Waals surface area contributed by atoms with Crippen LogP contribution in [-0.4, -0.2) is 17.1 Å². The van der Waals surface area contributed by atoms with Gasteiger partial charge in [-0.15, -0.1) is 11.8 Å². The molecule has 5 nitrogen and oxygen atoms in total. The second-order valence-corrected chi connectivity index (χ2v) is 5.52. The second kappa shape index (κ2) is 8.14. The molecule has 0 atom stereocenters. The Kier molecular flexibility index (Phi) is 5.94. The summed E-state index contributed by atoms with van der Waals surface area (Å²) in [6.07, 6.45) is 4.75. The van der Waals surface area contributed by atoms with Crippen molar-refractivity contribution in [3.05, 3.63) is 75.8 Å². The molecule has 0 heterocycles. The minimum Gasteiger partial charge on any atom is -0.458 e. The van der Waals surface area contributed by atoms with Gasteiger partial charge in [0, 0.05) is 23.1 Å².